The van der Waals surface area contributed by atoms with E-state index in [1.807, 2.05) is 43.3 Å². The lowest BCUT2D eigenvalue weighted by atomic mass is 9.79. The molecule has 2 amide bonds. The molecule has 1 unspecified atom stereocenters. The van der Waals surface area contributed by atoms with Crippen molar-refractivity contribution >= 4 is 11.8 Å². The number of benzene rings is 2. The lowest BCUT2D eigenvalue weighted by Gasteiger charge is -2.38. The molecule has 0 heterocycles. The van der Waals surface area contributed by atoms with Crippen LogP contribution < -0.4 is 10.6 Å². The fourth-order valence-electron chi connectivity index (χ4n) is 4.42. The zero-order valence-corrected chi connectivity index (χ0v) is 16.8. The molecule has 3 rings (SSSR count). The first-order valence-corrected chi connectivity index (χ1v) is 10.2. The minimum Gasteiger partial charge on any atom is -0.351 e. The highest BCUT2D eigenvalue weighted by molar-refractivity contribution is 5.91. The fourth-order valence-corrected chi connectivity index (χ4v) is 4.42. The Morgan fingerprint density at radius 3 is 1.82 bits per heavy atom. The quantitative estimate of drug-likeness (QED) is 0.793. The van der Waals surface area contributed by atoms with Gasteiger partial charge in [0.15, 0.2) is 0 Å². The van der Waals surface area contributed by atoms with E-state index in [4.69, 9.17) is 0 Å². The lowest BCUT2D eigenvalue weighted by molar-refractivity contribution is -0.134. The maximum absolute atomic E-state index is 13.3. The van der Waals surface area contributed by atoms with Crippen LogP contribution in [0.3, 0.4) is 0 Å². The van der Waals surface area contributed by atoms with Gasteiger partial charge in [-0.1, -0.05) is 79.9 Å². The second-order valence-electron chi connectivity index (χ2n) is 7.89. The Balaban J connectivity index is 1.85. The number of hydrogen-bond donors (Lipinski definition) is 2. The topological polar surface area (TPSA) is 58.2 Å². The van der Waals surface area contributed by atoms with Gasteiger partial charge in [0.2, 0.25) is 11.8 Å². The van der Waals surface area contributed by atoms with Crippen molar-refractivity contribution in [3.8, 4) is 0 Å². The van der Waals surface area contributed by atoms with Crippen molar-refractivity contribution < 1.29 is 9.59 Å². The standard InChI is InChI=1S/C24H30N2O2/c1-18(25-23(28)24(26-19(2)27)16-10-5-11-17-24)22(20-12-6-3-7-13-20)21-14-8-4-9-15-21/h3-4,6-9,12-15,18,22H,5,10-11,16-17H2,1-2H3,(H,25,28)(H,26,27). The maximum Gasteiger partial charge on any atom is 0.245 e. The highest BCUT2D eigenvalue weighted by Gasteiger charge is 2.41. The summed E-state index contributed by atoms with van der Waals surface area (Å²) >= 11 is 0. The summed E-state index contributed by atoms with van der Waals surface area (Å²) in [6.07, 6.45) is 4.44. The Hall–Kier alpha value is -2.62. The Morgan fingerprint density at radius 1 is 0.857 bits per heavy atom. The molecule has 1 atom stereocenters. The second-order valence-corrected chi connectivity index (χ2v) is 7.89. The van der Waals surface area contributed by atoms with Gasteiger partial charge in [-0.25, -0.2) is 0 Å². The molecule has 1 fully saturated rings. The zero-order chi connectivity index (χ0) is 20.0. The Morgan fingerprint density at radius 2 is 1.36 bits per heavy atom. The Kier molecular flexibility index (Phi) is 6.50. The van der Waals surface area contributed by atoms with E-state index in [0.717, 1.165) is 19.3 Å². The molecule has 148 valence electrons. The van der Waals surface area contributed by atoms with Crippen molar-refractivity contribution in [1.29, 1.82) is 0 Å². The van der Waals surface area contributed by atoms with E-state index in [-0.39, 0.29) is 23.8 Å². The average Bonchev–Trinajstić information content (AvgIpc) is 2.70. The normalized spacial score (nSPS) is 17.0. The van der Waals surface area contributed by atoms with Crippen LogP contribution in [0.4, 0.5) is 0 Å². The summed E-state index contributed by atoms with van der Waals surface area (Å²) in [5.74, 6) is -0.163. The molecule has 2 aromatic carbocycles. The SMILES string of the molecule is CC(=O)NC1(C(=O)NC(C)C(c2ccccc2)c2ccccc2)CCCCC1. The highest BCUT2D eigenvalue weighted by Crippen LogP contribution is 2.31. The molecule has 0 aromatic heterocycles. The van der Waals surface area contributed by atoms with Crippen molar-refractivity contribution in [3.05, 3.63) is 71.8 Å². The van der Waals surface area contributed by atoms with Crippen molar-refractivity contribution in [1.82, 2.24) is 10.6 Å². The molecule has 0 saturated heterocycles. The van der Waals surface area contributed by atoms with Gasteiger partial charge >= 0.3 is 0 Å². The molecule has 0 radical (unpaired) electrons. The number of amides is 2. The molecule has 1 aliphatic rings. The van der Waals surface area contributed by atoms with Crippen molar-refractivity contribution in [2.24, 2.45) is 0 Å². The van der Waals surface area contributed by atoms with Crippen LogP contribution >= 0.6 is 0 Å². The largest absolute Gasteiger partial charge is 0.351 e. The van der Waals surface area contributed by atoms with E-state index in [0.29, 0.717) is 12.8 Å². The fraction of sp³-hybridized carbons (Fsp3) is 0.417. The van der Waals surface area contributed by atoms with Gasteiger partial charge < -0.3 is 10.6 Å². The van der Waals surface area contributed by atoms with Gasteiger partial charge in [-0.2, -0.15) is 0 Å². The smallest absolute Gasteiger partial charge is 0.245 e. The molecule has 28 heavy (non-hydrogen) atoms. The molecule has 0 bridgehead atoms. The van der Waals surface area contributed by atoms with Gasteiger partial charge in [0.05, 0.1) is 0 Å². The molecule has 2 N–H and O–H groups in total. The van der Waals surface area contributed by atoms with E-state index in [1.54, 1.807) is 0 Å². The van der Waals surface area contributed by atoms with Crippen molar-refractivity contribution in [2.45, 2.75) is 63.5 Å². The molecule has 4 nitrogen and oxygen atoms in total. The highest BCUT2D eigenvalue weighted by atomic mass is 16.2. The molecule has 0 spiro atoms. The minimum absolute atomic E-state index is 0.0457. The van der Waals surface area contributed by atoms with Crippen LogP contribution in [0.15, 0.2) is 60.7 Å². The maximum atomic E-state index is 13.3. The number of carbonyl (C=O) groups is 2. The molecule has 1 aliphatic carbocycles. The van der Waals surface area contributed by atoms with E-state index < -0.39 is 5.54 Å². The summed E-state index contributed by atoms with van der Waals surface area (Å²) in [5.41, 5.74) is 1.55. The van der Waals surface area contributed by atoms with E-state index >= 15 is 0 Å². The van der Waals surface area contributed by atoms with Crippen LogP contribution in [0.1, 0.15) is 63.0 Å². The molecule has 1 saturated carbocycles. The third-order valence-electron chi connectivity index (χ3n) is 5.73. The van der Waals surface area contributed by atoms with Crippen LogP contribution in [0.25, 0.3) is 0 Å². The zero-order valence-electron chi connectivity index (χ0n) is 16.8. The molecular weight excluding hydrogens is 348 g/mol. The number of carbonyl (C=O) groups excluding carboxylic acids is 2. The second kappa shape index (κ2) is 9.05. The van der Waals surface area contributed by atoms with Crippen molar-refractivity contribution in [2.75, 3.05) is 0 Å². The molecule has 2 aromatic rings. The van der Waals surface area contributed by atoms with Gasteiger partial charge in [0, 0.05) is 18.9 Å². The van der Waals surface area contributed by atoms with Crippen LogP contribution in [0, 0.1) is 0 Å². The van der Waals surface area contributed by atoms with E-state index in [2.05, 4.69) is 34.9 Å². The van der Waals surface area contributed by atoms with Crippen LogP contribution in [-0.4, -0.2) is 23.4 Å². The summed E-state index contributed by atoms with van der Waals surface area (Å²) in [6.45, 7) is 3.54. The first kappa shape index (κ1) is 20.1. The summed E-state index contributed by atoms with van der Waals surface area (Å²) in [5, 5.41) is 6.21. The Labute approximate surface area is 167 Å². The van der Waals surface area contributed by atoms with Crippen molar-refractivity contribution in [3.63, 3.8) is 0 Å². The third kappa shape index (κ3) is 4.61. The molecule has 4 heteroatoms. The number of hydrogen-bond acceptors (Lipinski definition) is 2. The molecule has 0 aliphatic heterocycles. The average molecular weight is 379 g/mol. The minimum atomic E-state index is -0.781. The summed E-state index contributed by atoms with van der Waals surface area (Å²) in [7, 11) is 0. The lowest BCUT2D eigenvalue weighted by Crippen LogP contribution is -2.61. The Bertz CT molecular complexity index is 743. The summed E-state index contributed by atoms with van der Waals surface area (Å²) in [6, 6.07) is 20.4. The molecular formula is C24H30N2O2. The van der Waals surface area contributed by atoms with Gasteiger partial charge in [-0.05, 0) is 30.9 Å². The van der Waals surface area contributed by atoms with Gasteiger partial charge in [-0.15, -0.1) is 0 Å². The van der Waals surface area contributed by atoms with Gasteiger partial charge in [0.25, 0.3) is 0 Å². The first-order chi connectivity index (χ1) is 13.5. The predicted octanol–water partition coefficient (Wildman–Crippen LogP) is 4.16. The number of rotatable bonds is 6. The van der Waals surface area contributed by atoms with Gasteiger partial charge in [0.1, 0.15) is 5.54 Å². The monoisotopic (exact) mass is 378 g/mol. The summed E-state index contributed by atoms with van der Waals surface area (Å²) in [4.78, 5) is 25.1. The number of nitrogens with one attached hydrogen (secondary N) is 2. The van der Waals surface area contributed by atoms with E-state index in [9.17, 15) is 9.59 Å². The van der Waals surface area contributed by atoms with Gasteiger partial charge in [-0.3, -0.25) is 9.59 Å². The summed E-state index contributed by atoms with van der Waals surface area (Å²) < 4.78 is 0. The first-order valence-electron chi connectivity index (χ1n) is 10.2. The van der Waals surface area contributed by atoms with E-state index in [1.165, 1.54) is 18.1 Å². The van der Waals surface area contributed by atoms with Crippen LogP contribution in [-0.2, 0) is 9.59 Å². The third-order valence-corrected chi connectivity index (χ3v) is 5.73. The predicted molar refractivity (Wildman–Crippen MR) is 112 cm³/mol. The van der Waals surface area contributed by atoms with Crippen LogP contribution in [0.5, 0.6) is 0 Å². The van der Waals surface area contributed by atoms with Crippen LogP contribution in [0.2, 0.25) is 0 Å².